The number of aromatic amines is 1. The van der Waals surface area contributed by atoms with Crippen molar-refractivity contribution in [1.29, 1.82) is 0 Å². The highest BCUT2D eigenvalue weighted by molar-refractivity contribution is 5.51. The number of furan rings is 1. The van der Waals surface area contributed by atoms with Crippen LogP contribution in [0.5, 0.6) is 5.75 Å². The highest BCUT2D eigenvalue weighted by Gasteiger charge is 2.15. The largest absolute Gasteiger partial charge is 0.508 e. The van der Waals surface area contributed by atoms with E-state index < -0.39 is 6.10 Å². The van der Waals surface area contributed by atoms with Crippen LogP contribution in [0.4, 0.5) is 0 Å². The Hall–Kier alpha value is -2.57. The van der Waals surface area contributed by atoms with Crippen LogP contribution in [0.2, 0.25) is 0 Å². The normalized spacial score (nSPS) is 12.6. The number of phenols is 1. The molecule has 0 aliphatic carbocycles. The molecule has 3 N–H and O–H groups in total. The second kappa shape index (κ2) is 7.33. The Morgan fingerprint density at radius 1 is 1.25 bits per heavy atom. The molecular formula is C18H21N3O3. The van der Waals surface area contributed by atoms with Crippen LogP contribution >= 0.6 is 0 Å². The fourth-order valence-electron chi connectivity index (χ4n) is 2.61. The maximum atomic E-state index is 10.4. The van der Waals surface area contributed by atoms with E-state index in [1.807, 2.05) is 31.2 Å². The molecule has 0 bridgehead atoms. The van der Waals surface area contributed by atoms with Crippen LogP contribution in [0.15, 0.2) is 53.1 Å². The zero-order chi connectivity index (χ0) is 16.9. The first-order valence-electron chi connectivity index (χ1n) is 7.93. The molecule has 126 valence electrons. The lowest BCUT2D eigenvalue weighted by molar-refractivity contribution is 0.108. The number of likely N-dealkylation sites (N-methyl/N-ethyl adjacent to an activating group) is 1. The van der Waals surface area contributed by atoms with Crippen molar-refractivity contribution in [3.63, 3.8) is 0 Å². The van der Waals surface area contributed by atoms with Gasteiger partial charge in [-0.2, -0.15) is 5.10 Å². The second-order valence-corrected chi connectivity index (χ2v) is 5.67. The SMILES string of the molecule is CCN(Cc1ccc(-c2ccn[nH]2)o1)C[C@@H](O)c1cccc(O)c1. The molecule has 3 rings (SSSR count). The van der Waals surface area contributed by atoms with Gasteiger partial charge >= 0.3 is 0 Å². The summed E-state index contributed by atoms with van der Waals surface area (Å²) in [7, 11) is 0. The number of rotatable bonds is 7. The third-order valence-electron chi connectivity index (χ3n) is 3.94. The molecule has 6 heteroatoms. The van der Waals surface area contributed by atoms with Crippen LogP contribution < -0.4 is 0 Å². The number of benzene rings is 1. The summed E-state index contributed by atoms with van der Waals surface area (Å²) in [6, 6.07) is 12.4. The number of hydrogen-bond donors (Lipinski definition) is 3. The van der Waals surface area contributed by atoms with Gasteiger partial charge in [-0.1, -0.05) is 19.1 Å². The molecule has 0 spiro atoms. The Kier molecular flexibility index (Phi) is 4.98. The van der Waals surface area contributed by atoms with Crippen molar-refractivity contribution in [2.24, 2.45) is 0 Å². The van der Waals surface area contributed by atoms with E-state index in [0.717, 1.165) is 23.8 Å². The first-order chi connectivity index (χ1) is 11.7. The molecule has 2 aromatic heterocycles. The van der Waals surface area contributed by atoms with E-state index >= 15 is 0 Å². The van der Waals surface area contributed by atoms with Gasteiger partial charge in [0.1, 0.15) is 17.2 Å². The summed E-state index contributed by atoms with van der Waals surface area (Å²) >= 11 is 0. The zero-order valence-corrected chi connectivity index (χ0v) is 13.5. The van der Waals surface area contributed by atoms with Gasteiger partial charge in [0.25, 0.3) is 0 Å². The first-order valence-corrected chi connectivity index (χ1v) is 7.93. The lowest BCUT2D eigenvalue weighted by Gasteiger charge is -2.23. The van der Waals surface area contributed by atoms with Crippen molar-refractivity contribution >= 4 is 0 Å². The molecule has 1 aromatic carbocycles. The average Bonchev–Trinajstić information content (AvgIpc) is 3.25. The molecule has 6 nitrogen and oxygen atoms in total. The zero-order valence-electron chi connectivity index (χ0n) is 13.5. The maximum absolute atomic E-state index is 10.4. The quantitative estimate of drug-likeness (QED) is 0.621. The van der Waals surface area contributed by atoms with Crippen LogP contribution in [0.3, 0.4) is 0 Å². The lowest BCUT2D eigenvalue weighted by atomic mass is 10.1. The number of H-pyrrole nitrogens is 1. The van der Waals surface area contributed by atoms with E-state index in [9.17, 15) is 10.2 Å². The van der Waals surface area contributed by atoms with Gasteiger partial charge in [-0.15, -0.1) is 0 Å². The number of hydrogen-bond acceptors (Lipinski definition) is 5. The van der Waals surface area contributed by atoms with E-state index in [1.165, 1.54) is 0 Å². The minimum Gasteiger partial charge on any atom is -0.508 e. The molecular weight excluding hydrogens is 306 g/mol. The van der Waals surface area contributed by atoms with Gasteiger partial charge in [-0.3, -0.25) is 10.00 Å². The number of phenolic OH excluding ortho intramolecular Hbond substituents is 1. The Morgan fingerprint density at radius 2 is 2.12 bits per heavy atom. The predicted octanol–water partition coefficient (Wildman–Crippen LogP) is 2.93. The summed E-state index contributed by atoms with van der Waals surface area (Å²) in [6.45, 7) is 3.87. The van der Waals surface area contributed by atoms with Crippen molar-refractivity contribution in [3.8, 4) is 17.2 Å². The summed E-state index contributed by atoms with van der Waals surface area (Å²) in [6.07, 6.45) is 1.01. The standard InChI is InChI=1S/C18H21N3O3/c1-2-21(12-17(23)13-4-3-5-14(22)10-13)11-15-6-7-18(24-15)16-8-9-19-20-16/h3-10,17,22-23H,2,11-12H2,1H3,(H,19,20)/t17-/m1/s1. The molecule has 0 amide bonds. The Morgan fingerprint density at radius 3 is 2.83 bits per heavy atom. The molecule has 1 atom stereocenters. The number of aromatic nitrogens is 2. The molecule has 3 aromatic rings. The van der Waals surface area contributed by atoms with Crippen molar-refractivity contribution in [2.45, 2.75) is 19.6 Å². The molecule has 0 aliphatic rings. The average molecular weight is 327 g/mol. The number of nitrogens with one attached hydrogen (secondary N) is 1. The second-order valence-electron chi connectivity index (χ2n) is 5.67. The summed E-state index contributed by atoms with van der Waals surface area (Å²) < 4.78 is 5.83. The Bertz CT molecular complexity index is 767. The van der Waals surface area contributed by atoms with Gasteiger partial charge in [0.05, 0.1) is 12.6 Å². The molecule has 0 unspecified atom stereocenters. The Balaban J connectivity index is 1.64. The van der Waals surface area contributed by atoms with Crippen LogP contribution in [0.25, 0.3) is 11.5 Å². The third kappa shape index (κ3) is 3.84. The van der Waals surface area contributed by atoms with Crippen LogP contribution in [-0.2, 0) is 6.54 Å². The topological polar surface area (TPSA) is 85.5 Å². The van der Waals surface area contributed by atoms with Crippen molar-refractivity contribution in [1.82, 2.24) is 15.1 Å². The van der Waals surface area contributed by atoms with Crippen molar-refractivity contribution in [2.75, 3.05) is 13.1 Å². The Labute approximate surface area is 140 Å². The number of aromatic hydroxyl groups is 1. The van der Waals surface area contributed by atoms with Gasteiger partial charge in [-0.05, 0) is 42.4 Å². The maximum Gasteiger partial charge on any atom is 0.152 e. The van der Waals surface area contributed by atoms with Crippen molar-refractivity contribution in [3.05, 3.63) is 60.0 Å². The van der Waals surface area contributed by atoms with Crippen molar-refractivity contribution < 1.29 is 14.6 Å². The third-order valence-corrected chi connectivity index (χ3v) is 3.94. The molecule has 2 heterocycles. The van der Waals surface area contributed by atoms with E-state index in [4.69, 9.17) is 4.42 Å². The molecule has 0 radical (unpaired) electrons. The molecule has 24 heavy (non-hydrogen) atoms. The van der Waals surface area contributed by atoms with Crippen LogP contribution in [0, 0.1) is 0 Å². The highest BCUT2D eigenvalue weighted by atomic mass is 16.3. The van der Waals surface area contributed by atoms with Crippen LogP contribution in [-0.4, -0.2) is 38.4 Å². The highest BCUT2D eigenvalue weighted by Crippen LogP contribution is 2.22. The summed E-state index contributed by atoms with van der Waals surface area (Å²) in [5, 5.41) is 26.7. The molecule has 0 fully saturated rings. The number of aliphatic hydroxyl groups is 1. The number of nitrogens with zero attached hydrogens (tertiary/aromatic N) is 2. The van der Waals surface area contributed by atoms with Gasteiger partial charge < -0.3 is 14.6 Å². The fraction of sp³-hybridized carbons (Fsp3) is 0.278. The number of aliphatic hydroxyl groups excluding tert-OH is 1. The lowest BCUT2D eigenvalue weighted by Crippen LogP contribution is -2.28. The molecule has 0 saturated heterocycles. The van der Waals surface area contributed by atoms with E-state index in [-0.39, 0.29) is 5.75 Å². The fourth-order valence-corrected chi connectivity index (χ4v) is 2.61. The summed E-state index contributed by atoms with van der Waals surface area (Å²) in [5.41, 5.74) is 1.54. The first kappa shape index (κ1) is 16.3. The van der Waals surface area contributed by atoms with Gasteiger partial charge in [0, 0.05) is 12.7 Å². The van der Waals surface area contributed by atoms with E-state index in [0.29, 0.717) is 18.7 Å². The van der Waals surface area contributed by atoms with E-state index in [1.54, 1.807) is 24.4 Å². The van der Waals surface area contributed by atoms with Gasteiger partial charge in [-0.25, -0.2) is 0 Å². The smallest absolute Gasteiger partial charge is 0.152 e. The monoisotopic (exact) mass is 327 g/mol. The summed E-state index contributed by atoms with van der Waals surface area (Å²) in [4.78, 5) is 2.09. The van der Waals surface area contributed by atoms with E-state index in [2.05, 4.69) is 15.1 Å². The van der Waals surface area contributed by atoms with Gasteiger partial charge in [0.15, 0.2) is 5.76 Å². The van der Waals surface area contributed by atoms with Gasteiger partial charge in [0.2, 0.25) is 0 Å². The van der Waals surface area contributed by atoms with Crippen LogP contribution in [0.1, 0.15) is 24.4 Å². The molecule has 0 aliphatic heterocycles. The minimum absolute atomic E-state index is 0.157. The molecule has 0 saturated carbocycles. The predicted molar refractivity (Wildman–Crippen MR) is 90.3 cm³/mol. The minimum atomic E-state index is -0.668. The summed E-state index contributed by atoms with van der Waals surface area (Å²) in [5.74, 6) is 1.72.